The fourth-order valence-electron chi connectivity index (χ4n) is 0.770. The van der Waals surface area contributed by atoms with Crippen molar-refractivity contribution in [3.8, 4) is 0 Å². The Morgan fingerprint density at radius 3 is 1.69 bits per heavy atom. The third-order valence-corrected chi connectivity index (χ3v) is 1.52. The standard InChI is InChI=1S/C7H16.C6H8/c1-4-5-6-7(2)3;1-3-5-6-4-2/h7H,4-6H2,1-3H3;3-6H,1-2H2/b;6-5-. The molecule has 0 atom stereocenters. The summed E-state index contributed by atoms with van der Waals surface area (Å²) in [5.41, 5.74) is 0. The summed E-state index contributed by atoms with van der Waals surface area (Å²) in [6.07, 6.45) is 11.2. The fourth-order valence-corrected chi connectivity index (χ4v) is 0.770. The highest BCUT2D eigenvalue weighted by atomic mass is 13.9. The molecule has 0 heteroatoms. The maximum atomic E-state index is 3.46. The van der Waals surface area contributed by atoms with Gasteiger partial charge in [-0.05, 0) is 5.92 Å². The zero-order valence-electron chi connectivity index (χ0n) is 9.42. The molecule has 0 saturated heterocycles. The first kappa shape index (κ1) is 14.7. The van der Waals surface area contributed by atoms with E-state index >= 15 is 0 Å². The molecule has 0 aliphatic rings. The van der Waals surface area contributed by atoms with Crippen LogP contribution in [0.2, 0.25) is 0 Å². The number of unbranched alkanes of at least 4 members (excludes halogenated alkanes) is 1. The zero-order chi connectivity index (χ0) is 10.5. The lowest BCUT2D eigenvalue weighted by Crippen LogP contribution is -1.83. The van der Waals surface area contributed by atoms with Crippen LogP contribution in [0.15, 0.2) is 37.5 Å². The van der Waals surface area contributed by atoms with Crippen LogP contribution in [0.5, 0.6) is 0 Å². The van der Waals surface area contributed by atoms with Gasteiger partial charge in [0, 0.05) is 0 Å². The summed E-state index contributed by atoms with van der Waals surface area (Å²) in [5, 5.41) is 0. The van der Waals surface area contributed by atoms with E-state index in [2.05, 4.69) is 33.9 Å². The van der Waals surface area contributed by atoms with Crippen LogP contribution in [0.3, 0.4) is 0 Å². The van der Waals surface area contributed by atoms with E-state index in [1.54, 1.807) is 12.2 Å². The maximum absolute atomic E-state index is 3.46. The lowest BCUT2D eigenvalue weighted by Gasteiger charge is -1.98. The van der Waals surface area contributed by atoms with Crippen molar-refractivity contribution >= 4 is 0 Å². The summed E-state index contributed by atoms with van der Waals surface area (Å²) in [6.45, 7) is 13.7. The van der Waals surface area contributed by atoms with Gasteiger partial charge in [0.15, 0.2) is 0 Å². The first-order valence-corrected chi connectivity index (χ1v) is 5.09. The minimum Gasteiger partial charge on any atom is -0.0991 e. The largest absolute Gasteiger partial charge is 0.0991 e. The number of allylic oxidation sites excluding steroid dienone is 4. The van der Waals surface area contributed by atoms with E-state index < -0.39 is 0 Å². The minimum atomic E-state index is 0.903. The van der Waals surface area contributed by atoms with Crippen LogP contribution >= 0.6 is 0 Å². The van der Waals surface area contributed by atoms with Gasteiger partial charge in [-0.2, -0.15) is 0 Å². The molecule has 0 fully saturated rings. The number of hydrogen-bond acceptors (Lipinski definition) is 0. The van der Waals surface area contributed by atoms with Crippen molar-refractivity contribution in [3.05, 3.63) is 37.5 Å². The predicted octanol–water partition coefficient (Wildman–Crippen LogP) is 4.75. The molecule has 13 heavy (non-hydrogen) atoms. The summed E-state index contributed by atoms with van der Waals surface area (Å²) < 4.78 is 0. The third-order valence-electron chi connectivity index (χ3n) is 1.52. The van der Waals surface area contributed by atoms with Crippen molar-refractivity contribution in [1.29, 1.82) is 0 Å². The molecule has 0 radical (unpaired) electrons. The number of rotatable bonds is 5. The van der Waals surface area contributed by atoms with Crippen LogP contribution in [0, 0.1) is 5.92 Å². The molecule has 0 aromatic rings. The smallest absolute Gasteiger partial charge is 0.0471 e. The van der Waals surface area contributed by atoms with Crippen molar-refractivity contribution in [2.45, 2.75) is 40.0 Å². The Hall–Kier alpha value is -0.780. The van der Waals surface area contributed by atoms with E-state index in [-0.39, 0.29) is 0 Å². The first-order chi connectivity index (χ1) is 6.18. The molecule has 0 nitrogen and oxygen atoms in total. The zero-order valence-corrected chi connectivity index (χ0v) is 9.42. The van der Waals surface area contributed by atoms with Crippen LogP contribution < -0.4 is 0 Å². The van der Waals surface area contributed by atoms with Crippen molar-refractivity contribution in [3.63, 3.8) is 0 Å². The molecule has 76 valence electrons. The Balaban J connectivity index is 0. The molecular formula is C13H24. The SMILES string of the molecule is C=C/C=C\C=C.CCCCC(C)C. The minimum absolute atomic E-state index is 0.903. The van der Waals surface area contributed by atoms with E-state index in [0.717, 1.165) is 5.92 Å². The average molecular weight is 180 g/mol. The second-order valence-corrected chi connectivity index (χ2v) is 3.39. The molecule has 0 heterocycles. The molecule has 0 spiro atoms. The summed E-state index contributed by atoms with van der Waals surface area (Å²) in [6, 6.07) is 0. The highest BCUT2D eigenvalue weighted by Gasteiger charge is 1.88. The Morgan fingerprint density at radius 1 is 1.08 bits per heavy atom. The molecule has 0 rings (SSSR count). The van der Waals surface area contributed by atoms with Gasteiger partial charge in [-0.3, -0.25) is 0 Å². The van der Waals surface area contributed by atoms with Gasteiger partial charge in [0.05, 0.1) is 0 Å². The van der Waals surface area contributed by atoms with Gasteiger partial charge in [0.1, 0.15) is 0 Å². The monoisotopic (exact) mass is 180 g/mol. The molecule has 0 aliphatic carbocycles. The lowest BCUT2D eigenvalue weighted by molar-refractivity contribution is 0.550. The second-order valence-electron chi connectivity index (χ2n) is 3.39. The number of hydrogen-bond donors (Lipinski definition) is 0. The van der Waals surface area contributed by atoms with Crippen molar-refractivity contribution in [2.75, 3.05) is 0 Å². The summed E-state index contributed by atoms with van der Waals surface area (Å²) in [7, 11) is 0. The van der Waals surface area contributed by atoms with Gasteiger partial charge in [-0.1, -0.05) is 77.5 Å². The van der Waals surface area contributed by atoms with E-state index in [9.17, 15) is 0 Å². The second kappa shape index (κ2) is 13.8. The van der Waals surface area contributed by atoms with E-state index in [1.807, 2.05) is 12.2 Å². The van der Waals surface area contributed by atoms with Crippen LogP contribution in [0.1, 0.15) is 40.0 Å². The van der Waals surface area contributed by atoms with Crippen molar-refractivity contribution in [1.82, 2.24) is 0 Å². The molecule has 0 bridgehead atoms. The Labute approximate surface area is 84.1 Å². The van der Waals surface area contributed by atoms with E-state index in [4.69, 9.17) is 0 Å². The van der Waals surface area contributed by atoms with Gasteiger partial charge in [-0.25, -0.2) is 0 Å². The third kappa shape index (κ3) is 24.7. The van der Waals surface area contributed by atoms with Gasteiger partial charge in [-0.15, -0.1) is 0 Å². The van der Waals surface area contributed by atoms with Crippen molar-refractivity contribution in [2.24, 2.45) is 5.92 Å². The normalized spacial score (nSPS) is 9.54. The topological polar surface area (TPSA) is 0 Å². The van der Waals surface area contributed by atoms with Crippen LogP contribution in [0.4, 0.5) is 0 Å². The molecular weight excluding hydrogens is 156 g/mol. The Morgan fingerprint density at radius 2 is 1.54 bits per heavy atom. The summed E-state index contributed by atoms with van der Waals surface area (Å²) in [5.74, 6) is 0.903. The van der Waals surface area contributed by atoms with Gasteiger partial charge >= 0.3 is 0 Å². The van der Waals surface area contributed by atoms with Gasteiger partial charge in [0.25, 0.3) is 0 Å². The van der Waals surface area contributed by atoms with Crippen molar-refractivity contribution < 1.29 is 0 Å². The summed E-state index contributed by atoms with van der Waals surface area (Å²) >= 11 is 0. The Bertz CT molecular complexity index is 119. The predicted molar refractivity (Wildman–Crippen MR) is 63.9 cm³/mol. The summed E-state index contributed by atoms with van der Waals surface area (Å²) in [4.78, 5) is 0. The average Bonchev–Trinajstić information content (AvgIpc) is 2.12. The Kier molecular flexibility index (Phi) is 15.6. The molecule has 0 N–H and O–H groups in total. The first-order valence-electron chi connectivity index (χ1n) is 5.09. The van der Waals surface area contributed by atoms with Crippen LogP contribution in [0.25, 0.3) is 0 Å². The molecule has 0 aliphatic heterocycles. The molecule has 0 saturated carbocycles. The van der Waals surface area contributed by atoms with E-state index in [0.29, 0.717) is 0 Å². The maximum Gasteiger partial charge on any atom is -0.0471 e. The van der Waals surface area contributed by atoms with Gasteiger partial charge < -0.3 is 0 Å². The highest BCUT2D eigenvalue weighted by Crippen LogP contribution is 2.04. The quantitative estimate of drug-likeness (QED) is 0.536. The fraction of sp³-hybridized carbons (Fsp3) is 0.538. The van der Waals surface area contributed by atoms with Crippen LogP contribution in [-0.4, -0.2) is 0 Å². The molecule has 0 amide bonds. The molecule has 0 aromatic heterocycles. The van der Waals surface area contributed by atoms with Gasteiger partial charge in [0.2, 0.25) is 0 Å². The van der Waals surface area contributed by atoms with Crippen LogP contribution in [-0.2, 0) is 0 Å². The lowest BCUT2D eigenvalue weighted by atomic mass is 10.1. The van der Waals surface area contributed by atoms with E-state index in [1.165, 1.54) is 19.3 Å². The molecule has 0 aromatic carbocycles. The highest BCUT2D eigenvalue weighted by molar-refractivity contribution is 5.05. The molecule has 0 unspecified atom stereocenters.